The summed E-state index contributed by atoms with van der Waals surface area (Å²) in [5, 5.41) is 0. The van der Waals surface area contributed by atoms with Crippen molar-refractivity contribution in [2.24, 2.45) is 0 Å². The lowest BCUT2D eigenvalue weighted by Crippen LogP contribution is -2.40. The molecule has 2 aliphatic rings. The Bertz CT molecular complexity index is 1370. The average molecular weight is 401 g/mol. The lowest BCUT2D eigenvalue weighted by Gasteiger charge is -2.21. The summed E-state index contributed by atoms with van der Waals surface area (Å²) in [6.45, 7) is 0. The van der Waals surface area contributed by atoms with Crippen molar-refractivity contribution in [3.8, 4) is 11.3 Å². The molecule has 0 unspecified atom stereocenters. The largest absolute Gasteiger partial charge is 0.846 e. The molecule has 0 saturated carbocycles. The van der Waals surface area contributed by atoms with E-state index in [-0.39, 0.29) is 0 Å². The first-order valence-corrected chi connectivity index (χ1v) is 10.4. The fraction of sp³-hybridized carbons (Fsp3) is 0. The molecule has 0 bridgehead atoms. The molecule has 0 fully saturated rings. The van der Waals surface area contributed by atoms with Crippen LogP contribution in [0.15, 0.2) is 121 Å². The summed E-state index contributed by atoms with van der Waals surface area (Å²) >= 11 is 0. The van der Waals surface area contributed by atoms with Crippen LogP contribution >= 0.6 is 0 Å². The topological polar surface area (TPSA) is 7.94 Å². The normalized spacial score (nSPS) is 14.8. The Labute approximate surface area is 181 Å². The molecule has 3 aromatic carbocycles. The minimum atomic E-state index is -1.34. The molecule has 31 heavy (non-hydrogen) atoms. The van der Waals surface area contributed by atoms with Gasteiger partial charge in [0.05, 0.1) is 11.3 Å². The molecule has 0 saturated heterocycles. The number of fused-ring (bicyclic) bond motifs is 2. The third-order valence-electron chi connectivity index (χ3n) is 5.98. The van der Waals surface area contributed by atoms with Gasteiger partial charge in [0.2, 0.25) is 0 Å². The number of rotatable bonds is 3. The number of aromatic nitrogens is 1. The molecule has 0 radical (unpaired) electrons. The van der Waals surface area contributed by atoms with Crippen LogP contribution in [0, 0.1) is 0 Å². The minimum Gasteiger partial charge on any atom is -0.285 e. The van der Waals surface area contributed by atoms with Crippen LogP contribution < -0.4 is 0 Å². The number of hydrogen-bond donors (Lipinski definition) is 0. The van der Waals surface area contributed by atoms with Crippen molar-refractivity contribution in [3.63, 3.8) is 0 Å². The Morgan fingerprint density at radius 1 is 0.581 bits per heavy atom. The fourth-order valence-electron chi connectivity index (χ4n) is 4.60. The second-order valence-corrected chi connectivity index (χ2v) is 7.73. The summed E-state index contributed by atoms with van der Waals surface area (Å²) in [6.07, 6.45) is 4.06. The van der Waals surface area contributed by atoms with E-state index in [1.807, 2.05) is 112 Å². The molecule has 1 aromatic heterocycles. The van der Waals surface area contributed by atoms with E-state index in [1.54, 1.807) is 0 Å². The second-order valence-electron chi connectivity index (χ2n) is 7.73. The maximum absolute atomic E-state index is 16.3. The van der Waals surface area contributed by atoms with Crippen LogP contribution in [0.4, 0.5) is 4.32 Å². The van der Waals surface area contributed by atoms with Gasteiger partial charge in [0.15, 0.2) is 11.4 Å². The van der Waals surface area contributed by atoms with E-state index < -0.39 is 7.26 Å². The Morgan fingerprint density at radius 3 is 1.77 bits per heavy atom. The monoisotopic (exact) mass is 401 g/mol. The molecule has 0 aliphatic carbocycles. The fourth-order valence-corrected chi connectivity index (χ4v) is 4.60. The average Bonchev–Trinajstić information content (AvgIpc) is 3.47. The van der Waals surface area contributed by atoms with Crippen molar-refractivity contribution in [3.05, 3.63) is 138 Å². The maximum atomic E-state index is 16.3. The molecule has 4 heteroatoms. The van der Waals surface area contributed by atoms with E-state index in [2.05, 4.69) is 12.1 Å². The summed E-state index contributed by atoms with van der Waals surface area (Å²) in [4.78, 5) is 0. The Kier molecular flexibility index (Phi) is 4.10. The summed E-state index contributed by atoms with van der Waals surface area (Å²) in [5.74, 6) is 0. The van der Waals surface area contributed by atoms with Crippen molar-refractivity contribution >= 4 is 18.5 Å². The van der Waals surface area contributed by atoms with Crippen LogP contribution in [-0.4, -0.2) is 21.9 Å². The van der Waals surface area contributed by atoms with E-state index in [0.29, 0.717) is 0 Å². The van der Waals surface area contributed by atoms with Gasteiger partial charge in [-0.1, -0.05) is 78.9 Å². The third kappa shape index (κ3) is 2.76. The molecular weight excluding hydrogens is 382 g/mol. The van der Waals surface area contributed by atoms with E-state index in [0.717, 1.165) is 45.1 Å². The van der Waals surface area contributed by atoms with Gasteiger partial charge in [0, 0.05) is 23.4 Å². The highest BCUT2D eigenvalue weighted by molar-refractivity contribution is 6.44. The van der Waals surface area contributed by atoms with Crippen LogP contribution in [0.25, 0.3) is 16.8 Å². The van der Waals surface area contributed by atoms with Gasteiger partial charge >= 0.3 is 7.26 Å². The smallest absolute Gasteiger partial charge is 0.285 e. The zero-order valence-corrected chi connectivity index (χ0v) is 16.8. The quantitative estimate of drug-likeness (QED) is 0.384. The standard InChI is InChI=1S/C27H19BFN2/c29-28-30-23(20-10-4-1-5-11-20)16-18-25(30)27(22-14-8-3-9-15-22)26-19-17-24(31(26)28)21-12-6-2-7-13-21/h1-19H/q+1. The number of nitrogens with zero attached hydrogens (tertiary/aromatic N) is 2. The predicted octanol–water partition coefficient (Wildman–Crippen LogP) is 5.80. The first kappa shape index (κ1) is 17.9. The number of halogens is 1. The van der Waals surface area contributed by atoms with E-state index in [1.165, 1.54) is 0 Å². The number of hydrogen-bond acceptors (Lipinski definition) is 0. The molecule has 2 aliphatic heterocycles. The van der Waals surface area contributed by atoms with Crippen molar-refractivity contribution in [1.29, 1.82) is 0 Å². The molecule has 0 N–H and O–H groups in total. The van der Waals surface area contributed by atoms with Crippen molar-refractivity contribution in [1.82, 2.24) is 4.48 Å². The zero-order chi connectivity index (χ0) is 20.8. The number of benzene rings is 3. The van der Waals surface area contributed by atoms with Gasteiger partial charge in [0.1, 0.15) is 0 Å². The molecule has 4 aromatic rings. The molecule has 2 nitrogen and oxygen atoms in total. The SMILES string of the molecule is FB1n2c(ccc2-c2ccccc2)C(c2ccccc2)=C2C=CC(c3ccccc3)=[N+]12. The summed E-state index contributed by atoms with van der Waals surface area (Å²) in [6, 6.07) is 34.3. The molecule has 0 spiro atoms. The van der Waals surface area contributed by atoms with Gasteiger partial charge in [-0.25, -0.2) is 8.80 Å². The summed E-state index contributed by atoms with van der Waals surface area (Å²) in [7, 11) is -1.34. The van der Waals surface area contributed by atoms with Gasteiger partial charge in [-0.15, -0.1) is 0 Å². The first-order valence-electron chi connectivity index (χ1n) is 10.4. The zero-order valence-electron chi connectivity index (χ0n) is 16.8. The lowest BCUT2D eigenvalue weighted by molar-refractivity contribution is -0.333. The molecule has 0 atom stereocenters. The molecule has 146 valence electrons. The van der Waals surface area contributed by atoms with E-state index in [9.17, 15) is 0 Å². The van der Waals surface area contributed by atoms with Gasteiger partial charge in [-0.3, -0.25) is 4.48 Å². The molecule has 6 rings (SSSR count). The highest BCUT2D eigenvalue weighted by Gasteiger charge is 2.50. The molecular formula is C27H19BFN2+. The predicted molar refractivity (Wildman–Crippen MR) is 125 cm³/mol. The minimum absolute atomic E-state index is 0.870. The van der Waals surface area contributed by atoms with Crippen LogP contribution in [0.2, 0.25) is 0 Å². The Hall–Kier alpha value is -3.92. The van der Waals surface area contributed by atoms with E-state index >= 15 is 4.32 Å². The first-order chi connectivity index (χ1) is 15.3. The van der Waals surface area contributed by atoms with Crippen molar-refractivity contribution < 1.29 is 8.80 Å². The number of allylic oxidation sites excluding steroid dienone is 2. The maximum Gasteiger partial charge on any atom is 0.846 e. The van der Waals surface area contributed by atoms with Gasteiger partial charge in [0.25, 0.3) is 0 Å². The van der Waals surface area contributed by atoms with E-state index in [4.69, 9.17) is 0 Å². The van der Waals surface area contributed by atoms with Gasteiger partial charge in [-0.2, -0.15) is 0 Å². The summed E-state index contributed by atoms with van der Waals surface area (Å²) in [5.41, 5.74) is 7.64. The Balaban J connectivity index is 1.66. The van der Waals surface area contributed by atoms with Gasteiger partial charge in [-0.05, 0) is 35.4 Å². The van der Waals surface area contributed by atoms with Crippen LogP contribution in [0.5, 0.6) is 0 Å². The lowest BCUT2D eigenvalue weighted by atomic mass is 9.89. The highest BCUT2D eigenvalue weighted by atomic mass is 19.1. The highest BCUT2D eigenvalue weighted by Crippen LogP contribution is 2.39. The van der Waals surface area contributed by atoms with Crippen LogP contribution in [0.1, 0.15) is 16.8 Å². The molecule has 3 heterocycles. The summed E-state index contributed by atoms with van der Waals surface area (Å²) < 4.78 is 20.0. The third-order valence-corrected chi connectivity index (χ3v) is 5.98. The Morgan fingerprint density at radius 2 is 1.13 bits per heavy atom. The van der Waals surface area contributed by atoms with Crippen molar-refractivity contribution in [2.75, 3.05) is 0 Å². The van der Waals surface area contributed by atoms with Gasteiger partial charge < -0.3 is 0 Å². The van der Waals surface area contributed by atoms with Crippen molar-refractivity contribution in [2.45, 2.75) is 0 Å². The second kappa shape index (κ2) is 7.10. The van der Waals surface area contributed by atoms with Crippen LogP contribution in [-0.2, 0) is 0 Å². The van der Waals surface area contributed by atoms with Crippen LogP contribution in [0.3, 0.4) is 0 Å². The molecule has 0 amide bonds.